The van der Waals surface area contributed by atoms with E-state index in [1.807, 2.05) is 17.2 Å². The van der Waals surface area contributed by atoms with E-state index in [-0.39, 0.29) is 16.8 Å². The number of hydrogen-bond acceptors (Lipinski definition) is 5. The first kappa shape index (κ1) is 15.2. The maximum atomic E-state index is 12.7. The molecule has 116 valence electrons. The number of nitrogens with zero attached hydrogens (tertiary/aromatic N) is 2. The smallest absolute Gasteiger partial charge is 0.345 e. The zero-order valence-electron chi connectivity index (χ0n) is 12.1. The average Bonchev–Trinajstić information content (AvgIpc) is 3.15. The number of carbonyl (C=O) groups is 2. The van der Waals surface area contributed by atoms with E-state index in [0.29, 0.717) is 11.4 Å². The summed E-state index contributed by atoms with van der Waals surface area (Å²) < 4.78 is 0. The van der Waals surface area contributed by atoms with E-state index < -0.39 is 5.97 Å². The van der Waals surface area contributed by atoms with Gasteiger partial charge in [0.2, 0.25) is 0 Å². The Hall–Kier alpha value is -1.73. The molecule has 1 N–H and O–H groups in total. The van der Waals surface area contributed by atoms with Crippen LogP contribution in [0.1, 0.15) is 55.3 Å². The summed E-state index contributed by atoms with van der Waals surface area (Å²) in [6, 6.07) is 3.11. The molecular formula is C15H16N2O3S2. The van der Waals surface area contributed by atoms with Crippen LogP contribution < -0.4 is 0 Å². The molecule has 1 atom stereocenters. The van der Waals surface area contributed by atoms with E-state index in [4.69, 9.17) is 5.11 Å². The van der Waals surface area contributed by atoms with Crippen LogP contribution in [0.3, 0.4) is 0 Å². The van der Waals surface area contributed by atoms with Gasteiger partial charge in [0.1, 0.15) is 9.88 Å². The minimum atomic E-state index is -0.991. The van der Waals surface area contributed by atoms with Crippen molar-refractivity contribution in [3.05, 3.63) is 38.0 Å². The highest BCUT2D eigenvalue weighted by molar-refractivity contribution is 7.15. The van der Waals surface area contributed by atoms with Crippen molar-refractivity contribution >= 4 is 34.6 Å². The Balaban J connectivity index is 1.86. The molecule has 0 bridgehead atoms. The molecule has 0 aliphatic carbocycles. The van der Waals surface area contributed by atoms with Crippen molar-refractivity contribution in [2.24, 2.45) is 0 Å². The van der Waals surface area contributed by atoms with Crippen molar-refractivity contribution in [1.82, 2.24) is 9.88 Å². The molecule has 2 aromatic heterocycles. The number of likely N-dealkylation sites (tertiary alicyclic amines) is 1. The van der Waals surface area contributed by atoms with Gasteiger partial charge in [-0.15, -0.1) is 22.7 Å². The lowest BCUT2D eigenvalue weighted by Crippen LogP contribution is -2.38. The maximum absolute atomic E-state index is 12.7. The van der Waals surface area contributed by atoms with Crippen LogP contribution in [0, 0.1) is 6.92 Å². The molecule has 0 saturated carbocycles. The first-order chi connectivity index (χ1) is 10.6. The highest BCUT2D eigenvalue weighted by Gasteiger charge is 2.31. The fourth-order valence-electron chi connectivity index (χ4n) is 2.67. The molecule has 0 radical (unpaired) electrons. The Morgan fingerprint density at radius 1 is 1.32 bits per heavy atom. The minimum Gasteiger partial charge on any atom is -0.477 e. The molecular weight excluding hydrogens is 320 g/mol. The summed E-state index contributed by atoms with van der Waals surface area (Å²) in [6.45, 7) is 2.65. The van der Waals surface area contributed by atoms with Crippen LogP contribution in [0.25, 0.3) is 0 Å². The van der Waals surface area contributed by atoms with Crippen LogP contribution in [-0.4, -0.2) is 33.4 Å². The summed E-state index contributed by atoms with van der Waals surface area (Å²) in [6.07, 6.45) is 2.97. The Kier molecular flexibility index (Phi) is 4.26. The molecule has 0 spiro atoms. The Bertz CT molecular complexity index is 707. The van der Waals surface area contributed by atoms with Gasteiger partial charge >= 0.3 is 5.97 Å². The number of carboxylic acids is 1. The highest BCUT2D eigenvalue weighted by atomic mass is 32.1. The second-order valence-corrected chi connectivity index (χ2v) is 7.28. The van der Waals surface area contributed by atoms with E-state index in [2.05, 4.69) is 4.98 Å². The number of hydrogen-bond donors (Lipinski definition) is 1. The van der Waals surface area contributed by atoms with Crippen molar-refractivity contribution in [1.29, 1.82) is 0 Å². The molecule has 0 aromatic carbocycles. The zero-order chi connectivity index (χ0) is 15.7. The van der Waals surface area contributed by atoms with Crippen LogP contribution in [0.4, 0.5) is 0 Å². The summed E-state index contributed by atoms with van der Waals surface area (Å²) in [5.41, 5.74) is 0.974. The van der Waals surface area contributed by atoms with Gasteiger partial charge in [-0.3, -0.25) is 4.79 Å². The third kappa shape index (κ3) is 2.91. The Labute approximate surface area is 136 Å². The predicted octanol–water partition coefficient (Wildman–Crippen LogP) is 3.58. The molecule has 7 heteroatoms. The van der Waals surface area contributed by atoms with Gasteiger partial charge in [0.25, 0.3) is 5.91 Å². The number of aryl methyl sites for hydroxylation is 1. The maximum Gasteiger partial charge on any atom is 0.345 e. The van der Waals surface area contributed by atoms with Gasteiger partial charge in [0.15, 0.2) is 0 Å². The molecule has 1 saturated heterocycles. The van der Waals surface area contributed by atoms with E-state index in [0.717, 1.165) is 41.3 Å². The van der Waals surface area contributed by atoms with Gasteiger partial charge in [-0.25, -0.2) is 9.78 Å². The lowest BCUT2D eigenvalue weighted by atomic mass is 10.0. The van der Waals surface area contributed by atoms with Gasteiger partial charge in [-0.05, 0) is 38.3 Å². The average molecular weight is 336 g/mol. The number of amides is 1. The summed E-state index contributed by atoms with van der Waals surface area (Å²) in [7, 11) is 0. The Morgan fingerprint density at radius 3 is 2.73 bits per heavy atom. The third-order valence-electron chi connectivity index (χ3n) is 3.71. The number of thiophene rings is 1. The second kappa shape index (κ2) is 6.18. The van der Waals surface area contributed by atoms with E-state index in [9.17, 15) is 9.59 Å². The minimum absolute atomic E-state index is 0.00956. The fourth-order valence-corrected chi connectivity index (χ4v) is 4.41. The SMILES string of the molecule is Cc1csc(C2CCCCN2C(=O)c2ccc(C(=O)O)s2)n1. The molecule has 1 fully saturated rings. The molecule has 1 aliphatic heterocycles. The molecule has 2 aromatic rings. The first-order valence-electron chi connectivity index (χ1n) is 7.12. The van der Waals surface area contributed by atoms with Crippen molar-refractivity contribution in [3.63, 3.8) is 0 Å². The standard InChI is InChI=1S/C15H16N2O3S2/c1-9-8-21-13(16-9)10-4-2-3-7-17(10)14(18)11-5-6-12(22-11)15(19)20/h5-6,8,10H,2-4,7H2,1H3,(H,19,20). The monoisotopic (exact) mass is 336 g/mol. The van der Waals surface area contributed by atoms with Gasteiger partial charge in [0, 0.05) is 17.6 Å². The molecule has 22 heavy (non-hydrogen) atoms. The zero-order valence-corrected chi connectivity index (χ0v) is 13.7. The van der Waals surface area contributed by atoms with Gasteiger partial charge < -0.3 is 10.0 Å². The number of aromatic nitrogens is 1. The van der Waals surface area contributed by atoms with Crippen molar-refractivity contribution < 1.29 is 14.7 Å². The normalized spacial score (nSPS) is 18.4. The molecule has 1 amide bonds. The van der Waals surface area contributed by atoms with E-state index in [1.54, 1.807) is 17.4 Å². The topological polar surface area (TPSA) is 70.5 Å². The highest BCUT2D eigenvalue weighted by Crippen LogP contribution is 2.34. The van der Waals surface area contributed by atoms with Crippen LogP contribution in [0.15, 0.2) is 17.5 Å². The summed E-state index contributed by atoms with van der Waals surface area (Å²) in [4.78, 5) is 30.8. The van der Waals surface area contributed by atoms with Gasteiger partial charge in [-0.1, -0.05) is 0 Å². The van der Waals surface area contributed by atoms with Crippen LogP contribution in [-0.2, 0) is 0 Å². The van der Waals surface area contributed by atoms with Crippen molar-refractivity contribution in [3.8, 4) is 0 Å². The molecule has 1 aliphatic rings. The van der Waals surface area contributed by atoms with E-state index in [1.165, 1.54) is 6.07 Å². The van der Waals surface area contributed by atoms with Crippen LogP contribution in [0.2, 0.25) is 0 Å². The molecule has 1 unspecified atom stereocenters. The predicted molar refractivity (Wildman–Crippen MR) is 85.8 cm³/mol. The number of carboxylic acid groups (broad SMARTS) is 1. The summed E-state index contributed by atoms with van der Waals surface area (Å²) in [5, 5.41) is 12.0. The van der Waals surface area contributed by atoms with E-state index >= 15 is 0 Å². The summed E-state index contributed by atoms with van der Waals surface area (Å²) >= 11 is 2.62. The van der Waals surface area contributed by atoms with Gasteiger partial charge in [-0.2, -0.15) is 0 Å². The van der Waals surface area contributed by atoms with Crippen molar-refractivity contribution in [2.45, 2.75) is 32.2 Å². The lowest BCUT2D eigenvalue weighted by molar-refractivity contribution is 0.0615. The largest absolute Gasteiger partial charge is 0.477 e. The van der Waals surface area contributed by atoms with Gasteiger partial charge in [0.05, 0.1) is 10.9 Å². The number of carbonyl (C=O) groups excluding carboxylic acids is 1. The first-order valence-corrected chi connectivity index (χ1v) is 8.82. The number of thiazole rings is 1. The number of rotatable bonds is 3. The lowest BCUT2D eigenvalue weighted by Gasteiger charge is -2.34. The quantitative estimate of drug-likeness (QED) is 0.930. The van der Waals surface area contributed by atoms with Crippen molar-refractivity contribution in [2.75, 3.05) is 6.54 Å². The Morgan fingerprint density at radius 2 is 2.09 bits per heavy atom. The number of aromatic carboxylic acids is 1. The number of piperidine rings is 1. The third-order valence-corrected chi connectivity index (χ3v) is 5.84. The molecule has 5 nitrogen and oxygen atoms in total. The molecule has 3 heterocycles. The second-order valence-electron chi connectivity index (χ2n) is 5.31. The fraction of sp³-hybridized carbons (Fsp3) is 0.400. The van der Waals surface area contributed by atoms with Crippen LogP contribution in [0.5, 0.6) is 0 Å². The van der Waals surface area contributed by atoms with Crippen LogP contribution >= 0.6 is 22.7 Å². The summed E-state index contributed by atoms with van der Waals surface area (Å²) in [5.74, 6) is -1.08. The molecule has 3 rings (SSSR count).